The zero-order valence-corrected chi connectivity index (χ0v) is 9.49. The lowest BCUT2D eigenvalue weighted by atomic mass is 10.1. The van der Waals surface area contributed by atoms with Crippen molar-refractivity contribution in [2.45, 2.75) is 6.54 Å². The lowest BCUT2D eigenvalue weighted by Gasteiger charge is -2.06. The maximum absolute atomic E-state index is 11.0. The second kappa shape index (κ2) is 5.86. The van der Waals surface area contributed by atoms with Crippen molar-refractivity contribution in [2.75, 3.05) is 19.3 Å². The van der Waals surface area contributed by atoms with E-state index in [0.717, 1.165) is 5.56 Å². The van der Waals surface area contributed by atoms with Crippen molar-refractivity contribution in [1.29, 1.82) is 0 Å². The first-order valence-electron chi connectivity index (χ1n) is 5.07. The van der Waals surface area contributed by atoms with Crippen molar-refractivity contribution in [3.8, 4) is 0 Å². The van der Waals surface area contributed by atoms with E-state index in [-0.39, 0.29) is 18.0 Å². The molecular formula is C11H15N3O3. The molecule has 6 nitrogen and oxygen atoms in total. The molecule has 0 spiro atoms. The number of benzene rings is 1. The highest BCUT2D eigenvalue weighted by molar-refractivity contribution is 5.89. The number of nitrogen functional groups attached to an aromatic ring is 1. The Morgan fingerprint density at radius 1 is 1.35 bits per heavy atom. The summed E-state index contributed by atoms with van der Waals surface area (Å²) in [5, 5.41) is 14.2. The van der Waals surface area contributed by atoms with Gasteiger partial charge in [-0.15, -0.1) is 0 Å². The van der Waals surface area contributed by atoms with Gasteiger partial charge in [0, 0.05) is 19.3 Å². The summed E-state index contributed by atoms with van der Waals surface area (Å²) in [5.74, 6) is -1.16. The second-order valence-electron chi connectivity index (χ2n) is 3.55. The number of nitrogens with two attached hydrogens (primary N) is 1. The van der Waals surface area contributed by atoms with Gasteiger partial charge in [0.1, 0.15) is 0 Å². The Kier molecular flexibility index (Phi) is 4.47. The largest absolute Gasteiger partial charge is 0.478 e. The number of anilines is 1. The number of carboxylic acid groups (broad SMARTS) is 1. The maximum Gasteiger partial charge on any atom is 0.335 e. The number of carboxylic acids is 1. The minimum absolute atomic E-state index is 0.132. The first-order chi connectivity index (χ1) is 8.02. The van der Waals surface area contributed by atoms with Crippen molar-refractivity contribution < 1.29 is 14.7 Å². The maximum atomic E-state index is 11.0. The summed E-state index contributed by atoms with van der Waals surface area (Å²) in [4.78, 5) is 21.7. The van der Waals surface area contributed by atoms with Gasteiger partial charge in [0.2, 0.25) is 5.91 Å². The molecule has 5 N–H and O–H groups in total. The third-order valence-electron chi connectivity index (χ3n) is 2.16. The molecular weight excluding hydrogens is 222 g/mol. The quantitative estimate of drug-likeness (QED) is 0.531. The van der Waals surface area contributed by atoms with Crippen LogP contribution in [-0.2, 0) is 11.3 Å². The molecule has 0 saturated carbocycles. The molecule has 6 heteroatoms. The van der Waals surface area contributed by atoms with Gasteiger partial charge in [0.05, 0.1) is 12.1 Å². The SMILES string of the molecule is CNC(=O)CNCc1cc(N)cc(C(=O)O)c1. The van der Waals surface area contributed by atoms with Crippen molar-refractivity contribution in [2.24, 2.45) is 0 Å². The monoisotopic (exact) mass is 237 g/mol. The van der Waals surface area contributed by atoms with E-state index in [4.69, 9.17) is 10.8 Å². The van der Waals surface area contributed by atoms with E-state index in [9.17, 15) is 9.59 Å². The highest BCUT2D eigenvalue weighted by Crippen LogP contribution is 2.12. The molecule has 0 aliphatic rings. The molecule has 0 aromatic heterocycles. The van der Waals surface area contributed by atoms with Crippen molar-refractivity contribution in [3.05, 3.63) is 29.3 Å². The van der Waals surface area contributed by atoms with Gasteiger partial charge in [0.15, 0.2) is 0 Å². The number of aromatic carboxylic acids is 1. The predicted octanol–water partition coefficient (Wildman–Crippen LogP) is -0.197. The van der Waals surface area contributed by atoms with Crippen LogP contribution in [0.3, 0.4) is 0 Å². The summed E-state index contributed by atoms with van der Waals surface area (Å²) in [6.07, 6.45) is 0. The van der Waals surface area contributed by atoms with Crippen LogP contribution in [0, 0.1) is 0 Å². The molecule has 0 radical (unpaired) electrons. The summed E-state index contributed by atoms with van der Waals surface area (Å²) in [6, 6.07) is 4.59. The first kappa shape index (κ1) is 13.0. The van der Waals surface area contributed by atoms with E-state index in [1.54, 1.807) is 13.1 Å². The van der Waals surface area contributed by atoms with Gasteiger partial charge in [0.25, 0.3) is 0 Å². The van der Waals surface area contributed by atoms with E-state index in [2.05, 4.69) is 10.6 Å². The van der Waals surface area contributed by atoms with Gasteiger partial charge in [-0.05, 0) is 23.8 Å². The standard InChI is InChI=1S/C11H15N3O3/c1-13-10(15)6-14-5-7-2-8(11(16)17)4-9(12)3-7/h2-4,14H,5-6,12H2,1H3,(H,13,15)(H,16,17). The van der Waals surface area contributed by atoms with Crippen LogP contribution < -0.4 is 16.4 Å². The van der Waals surface area contributed by atoms with Crippen LogP contribution in [0.25, 0.3) is 0 Å². The summed E-state index contributed by atoms with van der Waals surface area (Å²) in [7, 11) is 1.55. The van der Waals surface area contributed by atoms with Gasteiger partial charge in [-0.1, -0.05) is 0 Å². The van der Waals surface area contributed by atoms with E-state index < -0.39 is 5.97 Å². The van der Waals surface area contributed by atoms with Crippen molar-refractivity contribution in [1.82, 2.24) is 10.6 Å². The first-order valence-corrected chi connectivity index (χ1v) is 5.07. The minimum Gasteiger partial charge on any atom is -0.478 e. The van der Waals surface area contributed by atoms with Crippen molar-refractivity contribution in [3.63, 3.8) is 0 Å². The molecule has 0 aliphatic carbocycles. The molecule has 1 aromatic carbocycles. The lowest BCUT2D eigenvalue weighted by Crippen LogP contribution is -2.31. The zero-order chi connectivity index (χ0) is 12.8. The number of rotatable bonds is 5. The number of amides is 1. The molecule has 0 atom stereocenters. The Hall–Kier alpha value is -2.08. The Bertz CT molecular complexity index is 432. The summed E-state index contributed by atoms with van der Waals surface area (Å²) in [5.41, 5.74) is 6.84. The summed E-state index contributed by atoms with van der Waals surface area (Å²) in [6.45, 7) is 0.562. The number of likely N-dealkylation sites (N-methyl/N-ethyl adjacent to an activating group) is 1. The third-order valence-corrected chi connectivity index (χ3v) is 2.16. The van der Waals surface area contributed by atoms with Crippen LogP contribution in [0.4, 0.5) is 5.69 Å². The molecule has 92 valence electrons. The molecule has 1 aromatic rings. The molecule has 1 rings (SSSR count). The number of hydrogen-bond acceptors (Lipinski definition) is 4. The Labute approximate surface area is 98.8 Å². The molecule has 17 heavy (non-hydrogen) atoms. The zero-order valence-electron chi connectivity index (χ0n) is 9.49. The Morgan fingerprint density at radius 3 is 2.65 bits per heavy atom. The second-order valence-corrected chi connectivity index (χ2v) is 3.55. The van der Waals surface area contributed by atoms with Crippen LogP contribution in [0.1, 0.15) is 15.9 Å². The van der Waals surface area contributed by atoms with E-state index in [1.807, 2.05) is 0 Å². The molecule has 0 bridgehead atoms. The number of nitrogens with one attached hydrogen (secondary N) is 2. The summed E-state index contributed by atoms with van der Waals surface area (Å²) < 4.78 is 0. The van der Waals surface area contributed by atoms with E-state index in [1.165, 1.54) is 12.1 Å². The topological polar surface area (TPSA) is 104 Å². The fourth-order valence-electron chi connectivity index (χ4n) is 1.35. The Balaban J connectivity index is 2.65. The van der Waals surface area contributed by atoms with Crippen LogP contribution >= 0.6 is 0 Å². The number of hydrogen-bond donors (Lipinski definition) is 4. The predicted molar refractivity (Wildman–Crippen MR) is 63.6 cm³/mol. The summed E-state index contributed by atoms with van der Waals surface area (Å²) >= 11 is 0. The Morgan fingerprint density at radius 2 is 2.06 bits per heavy atom. The van der Waals surface area contributed by atoms with Gasteiger partial charge in [-0.2, -0.15) is 0 Å². The molecule has 0 heterocycles. The number of carbonyl (C=O) groups is 2. The minimum atomic E-state index is -1.02. The van der Waals surface area contributed by atoms with Crippen LogP contribution in [-0.4, -0.2) is 30.6 Å². The van der Waals surface area contributed by atoms with Gasteiger partial charge in [-0.25, -0.2) is 4.79 Å². The molecule has 0 unspecified atom stereocenters. The van der Waals surface area contributed by atoms with Gasteiger partial charge >= 0.3 is 5.97 Å². The smallest absolute Gasteiger partial charge is 0.335 e. The fraction of sp³-hybridized carbons (Fsp3) is 0.273. The van der Waals surface area contributed by atoms with Gasteiger partial charge < -0.3 is 21.5 Å². The van der Waals surface area contributed by atoms with Crippen LogP contribution in [0.15, 0.2) is 18.2 Å². The number of carbonyl (C=O) groups excluding carboxylic acids is 1. The molecule has 1 amide bonds. The average Bonchev–Trinajstić information content (AvgIpc) is 2.28. The third kappa shape index (κ3) is 4.12. The normalized spacial score (nSPS) is 9.94. The lowest BCUT2D eigenvalue weighted by molar-refractivity contribution is -0.119. The highest BCUT2D eigenvalue weighted by atomic mass is 16.4. The average molecular weight is 237 g/mol. The van der Waals surface area contributed by atoms with Gasteiger partial charge in [-0.3, -0.25) is 4.79 Å². The van der Waals surface area contributed by atoms with Crippen molar-refractivity contribution >= 4 is 17.6 Å². The fourth-order valence-corrected chi connectivity index (χ4v) is 1.35. The molecule has 0 aliphatic heterocycles. The molecule has 0 saturated heterocycles. The highest BCUT2D eigenvalue weighted by Gasteiger charge is 2.06. The van der Waals surface area contributed by atoms with Crippen LogP contribution in [0.2, 0.25) is 0 Å². The van der Waals surface area contributed by atoms with Crippen LogP contribution in [0.5, 0.6) is 0 Å². The molecule has 0 fully saturated rings. The van der Waals surface area contributed by atoms with E-state index in [0.29, 0.717) is 12.2 Å². The van der Waals surface area contributed by atoms with E-state index >= 15 is 0 Å².